The predicted octanol–water partition coefficient (Wildman–Crippen LogP) is 6.10. The number of anilines is 1. The van der Waals surface area contributed by atoms with Crippen LogP contribution in [0.1, 0.15) is 48.3 Å². The lowest BCUT2D eigenvalue weighted by Gasteiger charge is -2.20. The second kappa shape index (κ2) is 9.77. The summed E-state index contributed by atoms with van der Waals surface area (Å²) in [7, 11) is 0. The Morgan fingerprint density at radius 2 is 1.86 bits per heavy atom. The van der Waals surface area contributed by atoms with E-state index in [1.54, 1.807) is 38.1 Å². The highest BCUT2D eigenvalue weighted by atomic mass is 19.2. The van der Waals surface area contributed by atoms with Crippen LogP contribution < -0.4 is 15.5 Å². The normalized spacial score (nSPS) is 12.1. The summed E-state index contributed by atoms with van der Waals surface area (Å²) in [5.41, 5.74) is 0.774. The van der Waals surface area contributed by atoms with E-state index in [4.69, 9.17) is 9.15 Å². The molecule has 0 bridgehead atoms. The molecule has 7 nitrogen and oxygen atoms in total. The van der Waals surface area contributed by atoms with Gasteiger partial charge in [-0.25, -0.2) is 18.6 Å². The highest BCUT2D eigenvalue weighted by Gasteiger charge is 2.22. The molecule has 0 radical (unpaired) electrons. The van der Waals surface area contributed by atoms with E-state index in [0.717, 1.165) is 17.7 Å². The zero-order valence-corrected chi connectivity index (χ0v) is 20.1. The van der Waals surface area contributed by atoms with Crippen molar-refractivity contribution in [2.45, 2.75) is 39.8 Å². The van der Waals surface area contributed by atoms with E-state index < -0.39 is 34.9 Å². The van der Waals surface area contributed by atoms with E-state index in [9.17, 15) is 23.5 Å². The van der Waals surface area contributed by atoms with Crippen molar-refractivity contribution in [1.82, 2.24) is 4.98 Å². The molecular formula is C27H24F2N2O5. The van der Waals surface area contributed by atoms with Gasteiger partial charge >= 0.3 is 5.97 Å². The van der Waals surface area contributed by atoms with Gasteiger partial charge in [0.1, 0.15) is 11.3 Å². The molecule has 0 spiro atoms. The van der Waals surface area contributed by atoms with Crippen LogP contribution in [-0.2, 0) is 0 Å². The van der Waals surface area contributed by atoms with Crippen LogP contribution in [0.5, 0.6) is 5.88 Å². The number of carbonyl (C=O) groups is 1. The summed E-state index contributed by atoms with van der Waals surface area (Å²) in [6, 6.07) is 9.15. The summed E-state index contributed by atoms with van der Waals surface area (Å²) >= 11 is 0. The second-order valence-corrected chi connectivity index (χ2v) is 8.71. The first kappa shape index (κ1) is 24.8. The summed E-state index contributed by atoms with van der Waals surface area (Å²) in [5, 5.41) is 12.5. The second-order valence-electron chi connectivity index (χ2n) is 8.71. The maximum atomic E-state index is 14.6. The average Bonchev–Trinajstić information content (AvgIpc) is 2.82. The maximum absolute atomic E-state index is 14.6. The number of hydrogen-bond donors (Lipinski definition) is 2. The lowest BCUT2D eigenvalue weighted by Crippen LogP contribution is -2.14. The number of carboxylic acids is 1. The van der Waals surface area contributed by atoms with E-state index >= 15 is 0 Å². The molecule has 2 aromatic heterocycles. The number of aromatic nitrogens is 1. The molecule has 0 aliphatic rings. The van der Waals surface area contributed by atoms with Crippen molar-refractivity contribution in [1.29, 1.82) is 0 Å². The third kappa shape index (κ3) is 4.91. The lowest BCUT2D eigenvalue weighted by atomic mass is 10.00. The Bertz CT molecular complexity index is 1510. The van der Waals surface area contributed by atoms with Crippen molar-refractivity contribution in [3.05, 3.63) is 87.2 Å². The number of ether oxygens (including phenoxy) is 1. The smallest absolute Gasteiger partial charge is 0.337 e. The molecule has 2 heterocycles. The number of nitrogens with zero attached hydrogens (tertiary/aromatic N) is 1. The first-order valence-electron chi connectivity index (χ1n) is 11.2. The Balaban J connectivity index is 1.81. The fourth-order valence-corrected chi connectivity index (χ4v) is 3.90. The molecule has 0 aliphatic heterocycles. The number of nitrogens with one attached hydrogen (secondary N) is 1. The molecule has 0 saturated carbocycles. The third-order valence-electron chi connectivity index (χ3n) is 5.53. The molecule has 4 rings (SSSR count). The van der Waals surface area contributed by atoms with Crippen LogP contribution in [0.4, 0.5) is 14.5 Å². The number of pyridine rings is 1. The number of aryl methyl sites for hydroxylation is 1. The van der Waals surface area contributed by atoms with E-state index in [-0.39, 0.29) is 22.9 Å². The van der Waals surface area contributed by atoms with E-state index in [0.29, 0.717) is 22.4 Å². The van der Waals surface area contributed by atoms with E-state index in [1.807, 2.05) is 13.8 Å². The van der Waals surface area contributed by atoms with Crippen molar-refractivity contribution in [2.75, 3.05) is 5.32 Å². The quantitative estimate of drug-likeness (QED) is 0.320. The van der Waals surface area contributed by atoms with Gasteiger partial charge in [0.2, 0.25) is 5.88 Å². The first-order valence-corrected chi connectivity index (χ1v) is 11.2. The topological polar surface area (TPSA) is 102 Å². The molecule has 2 N–H and O–H groups in total. The number of fused-ring (bicyclic) bond motifs is 1. The Morgan fingerprint density at radius 3 is 2.50 bits per heavy atom. The monoisotopic (exact) mass is 494 g/mol. The minimum atomic E-state index is -1.41. The number of carboxylic acid groups (broad SMARTS) is 1. The molecule has 2 aromatic carbocycles. The zero-order chi connectivity index (χ0) is 26.1. The lowest BCUT2D eigenvalue weighted by molar-refractivity contribution is 0.0697. The number of rotatable bonds is 7. The van der Waals surface area contributed by atoms with E-state index in [2.05, 4.69) is 10.3 Å². The Kier molecular flexibility index (Phi) is 6.74. The number of hydrogen-bond acceptors (Lipinski definition) is 6. The largest absolute Gasteiger partial charge is 0.478 e. The van der Waals surface area contributed by atoms with Crippen LogP contribution in [0.15, 0.2) is 57.9 Å². The molecule has 0 fully saturated rings. The standard InChI is InChI=1S/C27H24F2N2O5/c1-13(2)35-23-8-5-16(12-30-23)22-11-21(32)19-10-14(3)9-18(26(19)36-22)15(4)31-25-17(27(33)34)6-7-20(28)24(25)29/h5-13,15,31H,1-4H3,(H,33,34). The van der Waals surface area contributed by atoms with Gasteiger partial charge in [-0.05, 0) is 57.5 Å². The summed E-state index contributed by atoms with van der Waals surface area (Å²) in [6.07, 6.45) is 1.48. The zero-order valence-electron chi connectivity index (χ0n) is 20.1. The molecule has 9 heteroatoms. The maximum Gasteiger partial charge on any atom is 0.337 e. The van der Waals surface area contributed by atoms with Gasteiger partial charge in [0.25, 0.3) is 0 Å². The van der Waals surface area contributed by atoms with Gasteiger partial charge in [-0.1, -0.05) is 6.07 Å². The molecule has 0 amide bonds. The number of halogens is 2. The van der Waals surface area contributed by atoms with Gasteiger partial charge in [-0.2, -0.15) is 0 Å². The fraction of sp³-hybridized carbons (Fsp3) is 0.222. The molecular weight excluding hydrogens is 470 g/mol. The molecule has 186 valence electrons. The van der Waals surface area contributed by atoms with Gasteiger partial charge < -0.3 is 19.6 Å². The van der Waals surface area contributed by atoms with Crippen molar-refractivity contribution in [3.63, 3.8) is 0 Å². The predicted molar refractivity (Wildman–Crippen MR) is 132 cm³/mol. The third-order valence-corrected chi connectivity index (χ3v) is 5.53. The first-order chi connectivity index (χ1) is 17.0. The van der Waals surface area contributed by atoms with Gasteiger partial charge in [0.15, 0.2) is 17.1 Å². The van der Waals surface area contributed by atoms with Gasteiger partial charge in [0, 0.05) is 29.5 Å². The molecule has 4 aromatic rings. The number of benzene rings is 2. The van der Waals surface area contributed by atoms with Crippen LogP contribution in [0.25, 0.3) is 22.3 Å². The van der Waals surface area contributed by atoms with Crippen LogP contribution >= 0.6 is 0 Å². The molecule has 1 atom stereocenters. The van der Waals surface area contributed by atoms with Crippen molar-refractivity contribution in [3.8, 4) is 17.2 Å². The Morgan fingerprint density at radius 1 is 1.11 bits per heavy atom. The highest BCUT2D eigenvalue weighted by molar-refractivity contribution is 5.94. The van der Waals surface area contributed by atoms with Gasteiger partial charge in [0.05, 0.1) is 28.8 Å². The molecule has 0 aliphatic carbocycles. The summed E-state index contributed by atoms with van der Waals surface area (Å²) in [4.78, 5) is 28.8. The van der Waals surface area contributed by atoms with E-state index in [1.165, 1.54) is 12.3 Å². The van der Waals surface area contributed by atoms with Crippen LogP contribution in [-0.4, -0.2) is 22.2 Å². The fourth-order valence-electron chi connectivity index (χ4n) is 3.90. The molecule has 0 saturated heterocycles. The summed E-state index contributed by atoms with van der Waals surface area (Å²) in [5.74, 6) is -3.22. The molecule has 1 unspecified atom stereocenters. The average molecular weight is 494 g/mol. The summed E-state index contributed by atoms with van der Waals surface area (Å²) in [6.45, 7) is 7.18. The van der Waals surface area contributed by atoms with Gasteiger partial charge in [-0.3, -0.25) is 4.79 Å². The van der Waals surface area contributed by atoms with Crippen molar-refractivity contribution >= 4 is 22.6 Å². The Hall–Kier alpha value is -4.27. The van der Waals surface area contributed by atoms with Crippen molar-refractivity contribution in [2.24, 2.45) is 0 Å². The Labute approximate surface area is 205 Å². The van der Waals surface area contributed by atoms with Crippen molar-refractivity contribution < 1.29 is 27.8 Å². The summed E-state index contributed by atoms with van der Waals surface area (Å²) < 4.78 is 40.1. The van der Waals surface area contributed by atoms with Crippen LogP contribution in [0.2, 0.25) is 0 Å². The highest BCUT2D eigenvalue weighted by Crippen LogP contribution is 2.33. The van der Waals surface area contributed by atoms with Gasteiger partial charge in [-0.15, -0.1) is 0 Å². The van der Waals surface area contributed by atoms with Crippen LogP contribution in [0, 0.1) is 18.6 Å². The minimum Gasteiger partial charge on any atom is -0.478 e. The minimum absolute atomic E-state index is 0.0497. The molecule has 36 heavy (non-hydrogen) atoms. The number of aromatic carboxylic acids is 1. The van der Waals surface area contributed by atoms with Crippen LogP contribution in [0.3, 0.4) is 0 Å². The SMILES string of the molecule is Cc1cc(C(C)Nc2c(C(=O)O)ccc(F)c2F)c2oc(-c3ccc(OC(C)C)nc3)cc(=O)c2c1.